The molecule has 0 aromatic rings. The summed E-state index contributed by atoms with van der Waals surface area (Å²) in [6.07, 6.45) is 2.58. The van der Waals surface area contributed by atoms with Gasteiger partial charge in [-0.3, -0.25) is 4.79 Å². The van der Waals surface area contributed by atoms with Crippen LogP contribution in [0, 0.1) is 0 Å². The fourth-order valence-corrected chi connectivity index (χ4v) is 0.668. The second-order valence-corrected chi connectivity index (χ2v) is 2.26. The zero-order valence-corrected chi connectivity index (χ0v) is 7.54. The van der Waals surface area contributed by atoms with Crippen molar-refractivity contribution < 1.29 is 14.3 Å². The predicted molar refractivity (Wildman–Crippen MR) is 46.9 cm³/mol. The van der Waals surface area contributed by atoms with E-state index >= 15 is 0 Å². The molecule has 0 spiro atoms. The van der Waals surface area contributed by atoms with Crippen molar-refractivity contribution in [2.75, 3.05) is 19.8 Å². The number of hydrogen-bond acceptors (Lipinski definition) is 3. The third-order valence-corrected chi connectivity index (χ3v) is 1.21. The van der Waals surface area contributed by atoms with Crippen LogP contribution in [0.2, 0.25) is 0 Å². The number of carbonyl (C=O) groups is 1. The molecule has 0 heterocycles. The van der Waals surface area contributed by atoms with Crippen LogP contribution in [0.4, 0.5) is 0 Å². The summed E-state index contributed by atoms with van der Waals surface area (Å²) in [5.74, 6) is -0.221. The van der Waals surface area contributed by atoms with Gasteiger partial charge in [-0.1, -0.05) is 6.08 Å². The van der Waals surface area contributed by atoms with Crippen molar-refractivity contribution in [2.45, 2.75) is 19.8 Å². The molecule has 0 fully saturated rings. The van der Waals surface area contributed by atoms with E-state index in [9.17, 15) is 4.79 Å². The van der Waals surface area contributed by atoms with Gasteiger partial charge in [-0.05, 0) is 6.92 Å². The number of hydrogen-bond donors (Lipinski definition) is 0. The summed E-state index contributed by atoms with van der Waals surface area (Å²) in [5.41, 5.74) is 0. The molecule has 3 nitrogen and oxygen atoms in total. The highest BCUT2D eigenvalue weighted by Gasteiger charge is 1.97. The first kappa shape index (κ1) is 11.2. The Bertz CT molecular complexity index is 132. The van der Waals surface area contributed by atoms with Crippen LogP contribution in [0.5, 0.6) is 0 Å². The van der Waals surface area contributed by atoms with Gasteiger partial charge in [-0.25, -0.2) is 0 Å². The Kier molecular flexibility index (Phi) is 7.70. The maximum Gasteiger partial charge on any atom is 0.309 e. The Balaban J connectivity index is 3.08. The number of esters is 1. The largest absolute Gasteiger partial charge is 0.465 e. The SMILES string of the molecule is C=CCC(=O)OCCCOCC. The Morgan fingerprint density at radius 2 is 2.25 bits per heavy atom. The Morgan fingerprint density at radius 1 is 1.50 bits per heavy atom. The molecule has 0 aromatic carbocycles. The molecule has 0 saturated carbocycles. The minimum absolute atomic E-state index is 0.221. The number of rotatable bonds is 7. The van der Waals surface area contributed by atoms with Crippen molar-refractivity contribution >= 4 is 5.97 Å². The first-order valence-corrected chi connectivity index (χ1v) is 4.15. The lowest BCUT2D eigenvalue weighted by Gasteiger charge is -2.02. The average molecular weight is 172 g/mol. The van der Waals surface area contributed by atoms with Crippen LogP contribution < -0.4 is 0 Å². The third-order valence-electron chi connectivity index (χ3n) is 1.21. The molecule has 0 aliphatic carbocycles. The molecule has 0 aromatic heterocycles. The predicted octanol–water partition coefficient (Wildman–Crippen LogP) is 1.53. The molecule has 0 bridgehead atoms. The fourth-order valence-electron chi connectivity index (χ4n) is 0.668. The van der Waals surface area contributed by atoms with E-state index in [2.05, 4.69) is 6.58 Å². The van der Waals surface area contributed by atoms with Crippen LogP contribution in [0.15, 0.2) is 12.7 Å². The second kappa shape index (κ2) is 8.27. The van der Waals surface area contributed by atoms with Gasteiger partial charge in [-0.15, -0.1) is 6.58 Å². The van der Waals surface area contributed by atoms with E-state index in [-0.39, 0.29) is 12.4 Å². The van der Waals surface area contributed by atoms with Gasteiger partial charge >= 0.3 is 5.97 Å². The topological polar surface area (TPSA) is 35.5 Å². The number of ether oxygens (including phenoxy) is 2. The molecule has 3 heteroatoms. The van der Waals surface area contributed by atoms with E-state index in [0.29, 0.717) is 19.8 Å². The van der Waals surface area contributed by atoms with E-state index in [1.807, 2.05) is 6.92 Å². The summed E-state index contributed by atoms with van der Waals surface area (Å²) in [6.45, 7) is 7.16. The summed E-state index contributed by atoms with van der Waals surface area (Å²) in [7, 11) is 0. The third kappa shape index (κ3) is 7.28. The maximum absolute atomic E-state index is 10.7. The molecule has 0 aliphatic heterocycles. The minimum atomic E-state index is -0.221. The molecule has 70 valence electrons. The number of carbonyl (C=O) groups excluding carboxylic acids is 1. The molecule has 0 radical (unpaired) electrons. The van der Waals surface area contributed by atoms with E-state index in [1.54, 1.807) is 0 Å². The molecule has 0 unspecified atom stereocenters. The van der Waals surface area contributed by atoms with Crippen molar-refractivity contribution in [2.24, 2.45) is 0 Å². The zero-order valence-electron chi connectivity index (χ0n) is 7.54. The highest BCUT2D eigenvalue weighted by molar-refractivity contribution is 5.70. The summed E-state index contributed by atoms with van der Waals surface area (Å²) < 4.78 is 9.90. The molecular weight excluding hydrogens is 156 g/mol. The van der Waals surface area contributed by atoms with Gasteiger partial charge in [0.1, 0.15) is 0 Å². The van der Waals surface area contributed by atoms with Crippen molar-refractivity contribution in [3.8, 4) is 0 Å². The summed E-state index contributed by atoms with van der Waals surface area (Å²) in [4.78, 5) is 10.7. The Hall–Kier alpha value is -0.830. The van der Waals surface area contributed by atoms with Gasteiger partial charge < -0.3 is 9.47 Å². The van der Waals surface area contributed by atoms with Crippen molar-refractivity contribution in [1.82, 2.24) is 0 Å². The van der Waals surface area contributed by atoms with Crippen LogP contribution in [0.3, 0.4) is 0 Å². The molecule has 12 heavy (non-hydrogen) atoms. The highest BCUT2D eigenvalue weighted by Crippen LogP contribution is 1.90. The van der Waals surface area contributed by atoms with Gasteiger partial charge in [0.15, 0.2) is 0 Å². The summed E-state index contributed by atoms with van der Waals surface area (Å²) >= 11 is 0. The first-order chi connectivity index (χ1) is 5.81. The van der Waals surface area contributed by atoms with Gasteiger partial charge in [0.25, 0.3) is 0 Å². The lowest BCUT2D eigenvalue weighted by molar-refractivity contribution is -0.142. The molecule has 0 N–H and O–H groups in total. The molecule has 0 aliphatic rings. The minimum Gasteiger partial charge on any atom is -0.465 e. The fraction of sp³-hybridized carbons (Fsp3) is 0.667. The van der Waals surface area contributed by atoms with E-state index in [1.165, 1.54) is 6.08 Å². The van der Waals surface area contributed by atoms with Crippen molar-refractivity contribution in [3.63, 3.8) is 0 Å². The normalized spacial score (nSPS) is 9.42. The second-order valence-electron chi connectivity index (χ2n) is 2.26. The van der Waals surface area contributed by atoms with E-state index in [0.717, 1.165) is 6.42 Å². The zero-order chi connectivity index (χ0) is 9.23. The highest BCUT2D eigenvalue weighted by atomic mass is 16.5. The van der Waals surface area contributed by atoms with Gasteiger partial charge in [-0.2, -0.15) is 0 Å². The van der Waals surface area contributed by atoms with Gasteiger partial charge in [0, 0.05) is 19.6 Å². The smallest absolute Gasteiger partial charge is 0.309 e. The maximum atomic E-state index is 10.7. The van der Waals surface area contributed by atoms with Crippen LogP contribution in [-0.4, -0.2) is 25.8 Å². The van der Waals surface area contributed by atoms with E-state index < -0.39 is 0 Å². The lowest BCUT2D eigenvalue weighted by Crippen LogP contribution is -2.06. The molecule has 0 saturated heterocycles. The average Bonchev–Trinajstić information content (AvgIpc) is 2.05. The van der Waals surface area contributed by atoms with Gasteiger partial charge in [0.05, 0.1) is 13.0 Å². The first-order valence-electron chi connectivity index (χ1n) is 4.15. The Labute approximate surface area is 73.4 Å². The van der Waals surface area contributed by atoms with Crippen LogP contribution in [-0.2, 0) is 14.3 Å². The van der Waals surface area contributed by atoms with Crippen molar-refractivity contribution in [1.29, 1.82) is 0 Å². The molecular formula is C9H16O3. The lowest BCUT2D eigenvalue weighted by atomic mass is 10.4. The monoisotopic (exact) mass is 172 g/mol. The molecule has 0 rings (SSSR count). The van der Waals surface area contributed by atoms with Crippen LogP contribution in [0.25, 0.3) is 0 Å². The standard InChI is InChI=1S/C9H16O3/c1-3-6-9(10)12-8-5-7-11-4-2/h3H,1,4-8H2,2H3. The summed E-state index contributed by atoms with van der Waals surface area (Å²) in [6, 6.07) is 0. The van der Waals surface area contributed by atoms with E-state index in [4.69, 9.17) is 9.47 Å². The molecule has 0 atom stereocenters. The quantitative estimate of drug-likeness (QED) is 0.332. The van der Waals surface area contributed by atoms with Crippen molar-refractivity contribution in [3.05, 3.63) is 12.7 Å². The molecule has 0 amide bonds. The summed E-state index contributed by atoms with van der Waals surface area (Å²) in [5, 5.41) is 0. The Morgan fingerprint density at radius 3 is 2.83 bits per heavy atom. The van der Waals surface area contributed by atoms with Gasteiger partial charge in [0.2, 0.25) is 0 Å². The van der Waals surface area contributed by atoms with Crippen LogP contribution in [0.1, 0.15) is 19.8 Å². The van der Waals surface area contributed by atoms with Crippen LogP contribution >= 0.6 is 0 Å².